The smallest absolute Gasteiger partial charge is 0.0198 e. The molecule has 0 radical (unpaired) electrons. The fourth-order valence-electron chi connectivity index (χ4n) is 3.23. The Morgan fingerprint density at radius 2 is 1.87 bits per heavy atom. The highest BCUT2D eigenvalue weighted by Crippen LogP contribution is 2.30. The van der Waals surface area contributed by atoms with Crippen molar-refractivity contribution in [1.82, 2.24) is 5.32 Å². The van der Waals surface area contributed by atoms with Crippen molar-refractivity contribution in [3.8, 4) is 0 Å². The fraction of sp³-hybridized carbons (Fsp3) is 1.00. The topological polar surface area (TPSA) is 12.0 Å². The highest BCUT2D eigenvalue weighted by molar-refractivity contribution is 7.99. The van der Waals surface area contributed by atoms with Crippen molar-refractivity contribution < 1.29 is 0 Å². The van der Waals surface area contributed by atoms with E-state index in [0.717, 1.165) is 23.3 Å². The molecule has 0 bridgehead atoms. The first kappa shape index (κ1) is 11.8. The van der Waals surface area contributed by atoms with Crippen LogP contribution in [0.5, 0.6) is 0 Å². The van der Waals surface area contributed by atoms with Gasteiger partial charge in [-0.2, -0.15) is 11.8 Å². The minimum atomic E-state index is 0.809. The molecule has 2 heteroatoms. The molecular formula is C13H25NS. The number of hydrogen-bond acceptors (Lipinski definition) is 2. The molecule has 0 amide bonds. The zero-order valence-electron chi connectivity index (χ0n) is 10.2. The van der Waals surface area contributed by atoms with Crippen LogP contribution in [0.25, 0.3) is 0 Å². The molecular weight excluding hydrogens is 202 g/mol. The lowest BCUT2D eigenvalue weighted by Gasteiger charge is -2.33. The summed E-state index contributed by atoms with van der Waals surface area (Å²) in [6.07, 6.45) is 12.3. The first-order valence-corrected chi connectivity index (χ1v) is 7.87. The van der Waals surface area contributed by atoms with E-state index in [4.69, 9.17) is 0 Å². The predicted molar refractivity (Wildman–Crippen MR) is 69.5 cm³/mol. The van der Waals surface area contributed by atoms with Crippen LogP contribution in [-0.2, 0) is 0 Å². The van der Waals surface area contributed by atoms with Gasteiger partial charge in [0.25, 0.3) is 0 Å². The first-order valence-electron chi connectivity index (χ1n) is 6.58. The summed E-state index contributed by atoms with van der Waals surface area (Å²) >= 11 is 2.08. The Kier molecular flexibility index (Phi) is 4.39. The van der Waals surface area contributed by atoms with Gasteiger partial charge in [-0.1, -0.05) is 19.8 Å². The van der Waals surface area contributed by atoms with Crippen LogP contribution in [0, 0.1) is 5.92 Å². The summed E-state index contributed by atoms with van der Waals surface area (Å²) in [5.41, 5.74) is 0. The third-order valence-corrected chi connectivity index (χ3v) is 5.32. The SMILES string of the molecule is CSC1CCCCC1NC1CCC(C)C1. The molecule has 0 aliphatic heterocycles. The third kappa shape index (κ3) is 3.13. The molecule has 4 atom stereocenters. The maximum atomic E-state index is 3.93. The van der Waals surface area contributed by atoms with Crippen LogP contribution >= 0.6 is 11.8 Å². The summed E-state index contributed by atoms with van der Waals surface area (Å²) in [7, 11) is 0. The van der Waals surface area contributed by atoms with Crippen LogP contribution < -0.4 is 5.32 Å². The standard InChI is InChI=1S/C13H25NS/c1-10-7-8-11(9-10)14-12-5-3-4-6-13(12)15-2/h10-14H,3-9H2,1-2H3. The lowest BCUT2D eigenvalue weighted by molar-refractivity contribution is 0.342. The van der Waals surface area contributed by atoms with Gasteiger partial charge >= 0.3 is 0 Å². The van der Waals surface area contributed by atoms with Gasteiger partial charge in [0.15, 0.2) is 0 Å². The molecule has 2 aliphatic rings. The highest BCUT2D eigenvalue weighted by Gasteiger charge is 2.29. The number of rotatable bonds is 3. The second kappa shape index (κ2) is 5.58. The van der Waals surface area contributed by atoms with Crippen molar-refractivity contribution in [2.75, 3.05) is 6.26 Å². The molecule has 0 heterocycles. The van der Waals surface area contributed by atoms with Gasteiger partial charge in [0.1, 0.15) is 0 Å². The lowest BCUT2D eigenvalue weighted by Crippen LogP contribution is -2.45. The maximum Gasteiger partial charge on any atom is 0.0198 e. The molecule has 0 aromatic heterocycles. The summed E-state index contributed by atoms with van der Waals surface area (Å²) in [6.45, 7) is 2.40. The fourth-order valence-corrected chi connectivity index (χ4v) is 4.18. The van der Waals surface area contributed by atoms with Crippen molar-refractivity contribution in [3.63, 3.8) is 0 Å². The minimum absolute atomic E-state index is 0.809. The van der Waals surface area contributed by atoms with Crippen LogP contribution in [0.3, 0.4) is 0 Å². The molecule has 2 aliphatic carbocycles. The molecule has 4 unspecified atom stereocenters. The van der Waals surface area contributed by atoms with Crippen LogP contribution in [0.1, 0.15) is 51.9 Å². The van der Waals surface area contributed by atoms with E-state index < -0.39 is 0 Å². The molecule has 0 saturated heterocycles. The van der Waals surface area contributed by atoms with Crippen molar-refractivity contribution in [2.45, 2.75) is 69.2 Å². The van der Waals surface area contributed by atoms with Crippen molar-refractivity contribution in [1.29, 1.82) is 0 Å². The Balaban J connectivity index is 1.81. The van der Waals surface area contributed by atoms with Gasteiger partial charge in [0.2, 0.25) is 0 Å². The van der Waals surface area contributed by atoms with Crippen LogP contribution in [0.4, 0.5) is 0 Å². The predicted octanol–water partition coefficient (Wildman–Crippen LogP) is 3.44. The Hall–Kier alpha value is 0.310. The van der Waals surface area contributed by atoms with E-state index >= 15 is 0 Å². The quantitative estimate of drug-likeness (QED) is 0.792. The van der Waals surface area contributed by atoms with Gasteiger partial charge in [0, 0.05) is 17.3 Å². The number of hydrogen-bond donors (Lipinski definition) is 1. The van der Waals surface area contributed by atoms with Crippen LogP contribution in [0.2, 0.25) is 0 Å². The van der Waals surface area contributed by atoms with Gasteiger partial charge in [-0.25, -0.2) is 0 Å². The molecule has 15 heavy (non-hydrogen) atoms. The Morgan fingerprint density at radius 3 is 2.53 bits per heavy atom. The van der Waals surface area contributed by atoms with Crippen LogP contribution in [0.15, 0.2) is 0 Å². The van der Waals surface area contributed by atoms with E-state index in [1.54, 1.807) is 0 Å². The summed E-state index contributed by atoms with van der Waals surface area (Å²) < 4.78 is 0. The third-order valence-electron chi connectivity index (χ3n) is 4.15. The normalized spacial score (nSPS) is 42.0. The van der Waals surface area contributed by atoms with E-state index in [9.17, 15) is 0 Å². The first-order chi connectivity index (χ1) is 7.29. The molecule has 1 nitrogen and oxygen atoms in total. The largest absolute Gasteiger partial charge is 0.310 e. The number of nitrogens with one attached hydrogen (secondary N) is 1. The van der Waals surface area contributed by atoms with Crippen molar-refractivity contribution in [3.05, 3.63) is 0 Å². The lowest BCUT2D eigenvalue weighted by atomic mass is 9.94. The van der Waals surface area contributed by atoms with E-state index in [1.165, 1.54) is 44.9 Å². The molecule has 0 aromatic rings. The summed E-state index contributed by atoms with van der Waals surface area (Å²) in [4.78, 5) is 0. The zero-order chi connectivity index (χ0) is 10.7. The zero-order valence-corrected chi connectivity index (χ0v) is 11.0. The van der Waals surface area contributed by atoms with E-state index in [2.05, 4.69) is 30.3 Å². The van der Waals surface area contributed by atoms with E-state index in [0.29, 0.717) is 0 Å². The minimum Gasteiger partial charge on any atom is -0.310 e. The second-order valence-electron chi connectivity index (χ2n) is 5.45. The van der Waals surface area contributed by atoms with Crippen molar-refractivity contribution >= 4 is 11.8 Å². The van der Waals surface area contributed by atoms with Gasteiger partial charge in [-0.15, -0.1) is 0 Å². The molecule has 2 rings (SSSR count). The highest BCUT2D eigenvalue weighted by atomic mass is 32.2. The van der Waals surface area contributed by atoms with Gasteiger partial charge in [0.05, 0.1) is 0 Å². The van der Waals surface area contributed by atoms with E-state index in [1.807, 2.05) is 0 Å². The summed E-state index contributed by atoms with van der Waals surface area (Å²) in [5, 5.41) is 4.81. The molecule has 0 spiro atoms. The van der Waals surface area contributed by atoms with Gasteiger partial charge in [-0.3, -0.25) is 0 Å². The molecule has 2 saturated carbocycles. The number of thioether (sulfide) groups is 1. The van der Waals surface area contributed by atoms with Gasteiger partial charge in [-0.05, 0) is 44.3 Å². The van der Waals surface area contributed by atoms with Crippen molar-refractivity contribution in [2.24, 2.45) is 5.92 Å². The maximum absolute atomic E-state index is 3.93. The second-order valence-corrected chi connectivity index (χ2v) is 6.52. The summed E-state index contributed by atoms with van der Waals surface area (Å²) in [6, 6.07) is 1.64. The molecule has 1 N–H and O–H groups in total. The molecule has 0 aromatic carbocycles. The van der Waals surface area contributed by atoms with E-state index in [-0.39, 0.29) is 0 Å². The van der Waals surface area contributed by atoms with Gasteiger partial charge < -0.3 is 5.32 Å². The Bertz CT molecular complexity index is 195. The Labute approximate surface area is 98.8 Å². The monoisotopic (exact) mass is 227 g/mol. The molecule has 88 valence electrons. The average molecular weight is 227 g/mol. The average Bonchev–Trinajstić information content (AvgIpc) is 2.65. The molecule has 2 fully saturated rings. The summed E-state index contributed by atoms with van der Waals surface area (Å²) in [5.74, 6) is 0.957. The Morgan fingerprint density at radius 1 is 1.07 bits per heavy atom. The van der Waals surface area contributed by atoms with Crippen LogP contribution in [-0.4, -0.2) is 23.6 Å².